The van der Waals surface area contributed by atoms with Gasteiger partial charge < -0.3 is 19.3 Å². The normalized spacial score (nSPS) is 20.5. The van der Waals surface area contributed by atoms with E-state index in [4.69, 9.17) is 9.47 Å². The molecular formula is C30H34F2N4O4S. The zero-order valence-corrected chi connectivity index (χ0v) is 24.5. The Morgan fingerprint density at radius 2 is 1.98 bits per heavy atom. The molecule has 0 bridgehead atoms. The van der Waals surface area contributed by atoms with Gasteiger partial charge in [0.25, 0.3) is 0 Å². The lowest BCUT2D eigenvalue weighted by atomic mass is 9.96. The molecule has 1 amide bonds. The number of halogens is 2. The van der Waals surface area contributed by atoms with Gasteiger partial charge in [-0.15, -0.1) is 11.8 Å². The maximum Gasteiger partial charge on any atom is 0.350 e. The quantitative estimate of drug-likeness (QED) is 0.284. The SMILES string of the molecule is C=CC(=O)N1C[C@H](C)N(c2nc(=O)n3c4c(c(-c5ccc(F)cc5F)c(C)cc24)SC[C@@H]3COCCOC)C[C@H]1C. The van der Waals surface area contributed by atoms with Crippen molar-refractivity contribution in [3.8, 4) is 11.1 Å². The number of amides is 1. The van der Waals surface area contributed by atoms with E-state index < -0.39 is 17.3 Å². The van der Waals surface area contributed by atoms with Gasteiger partial charge in [0.2, 0.25) is 5.91 Å². The van der Waals surface area contributed by atoms with Gasteiger partial charge in [-0.3, -0.25) is 9.36 Å². The lowest BCUT2D eigenvalue weighted by Crippen LogP contribution is -2.58. The maximum atomic E-state index is 15.1. The van der Waals surface area contributed by atoms with E-state index in [1.54, 1.807) is 16.6 Å². The molecule has 2 aliphatic rings. The lowest BCUT2D eigenvalue weighted by molar-refractivity contribution is -0.128. The Kier molecular flexibility index (Phi) is 8.49. The molecule has 2 aromatic carbocycles. The molecule has 0 N–H and O–H groups in total. The maximum absolute atomic E-state index is 15.1. The summed E-state index contributed by atoms with van der Waals surface area (Å²) < 4.78 is 41.5. The summed E-state index contributed by atoms with van der Waals surface area (Å²) in [6.45, 7) is 11.5. The van der Waals surface area contributed by atoms with Crippen LogP contribution >= 0.6 is 11.8 Å². The Morgan fingerprint density at radius 3 is 2.68 bits per heavy atom. The predicted octanol–water partition coefficient (Wildman–Crippen LogP) is 4.57. The number of methoxy groups -OCH3 is 1. The van der Waals surface area contributed by atoms with Crippen molar-refractivity contribution in [2.24, 2.45) is 0 Å². The highest BCUT2D eigenvalue weighted by Crippen LogP contribution is 2.46. The zero-order valence-electron chi connectivity index (χ0n) is 23.7. The molecule has 1 fully saturated rings. The van der Waals surface area contributed by atoms with Crippen molar-refractivity contribution in [1.29, 1.82) is 0 Å². The number of aryl methyl sites for hydroxylation is 1. The van der Waals surface area contributed by atoms with E-state index in [0.717, 1.165) is 21.9 Å². The highest BCUT2D eigenvalue weighted by Gasteiger charge is 2.35. The van der Waals surface area contributed by atoms with Crippen LogP contribution in [0.1, 0.15) is 25.5 Å². The molecular weight excluding hydrogens is 550 g/mol. The molecule has 0 radical (unpaired) electrons. The highest BCUT2D eigenvalue weighted by molar-refractivity contribution is 7.99. The molecule has 0 aliphatic carbocycles. The van der Waals surface area contributed by atoms with Crippen LogP contribution < -0.4 is 10.6 Å². The molecule has 1 aromatic heterocycles. The van der Waals surface area contributed by atoms with Crippen molar-refractivity contribution >= 4 is 34.4 Å². The predicted molar refractivity (Wildman–Crippen MR) is 157 cm³/mol. The molecule has 11 heteroatoms. The van der Waals surface area contributed by atoms with Crippen LogP contribution in [-0.4, -0.2) is 78.2 Å². The van der Waals surface area contributed by atoms with E-state index in [0.29, 0.717) is 49.0 Å². The summed E-state index contributed by atoms with van der Waals surface area (Å²) in [6.07, 6.45) is 1.32. The lowest BCUT2D eigenvalue weighted by Gasteiger charge is -2.45. The molecule has 3 aromatic rings. The summed E-state index contributed by atoms with van der Waals surface area (Å²) in [6, 6.07) is 4.95. The molecule has 0 spiro atoms. The van der Waals surface area contributed by atoms with Crippen LogP contribution in [-0.2, 0) is 14.3 Å². The van der Waals surface area contributed by atoms with E-state index in [-0.39, 0.29) is 36.2 Å². The van der Waals surface area contributed by atoms with Crippen LogP contribution in [0.25, 0.3) is 22.0 Å². The van der Waals surface area contributed by atoms with Gasteiger partial charge >= 0.3 is 5.69 Å². The van der Waals surface area contributed by atoms with Gasteiger partial charge in [0.1, 0.15) is 17.5 Å². The second-order valence-corrected chi connectivity index (χ2v) is 11.6. The number of nitrogens with zero attached hydrogens (tertiary/aromatic N) is 4. The minimum absolute atomic E-state index is 0.122. The number of piperazine rings is 1. The van der Waals surface area contributed by atoms with Gasteiger partial charge in [0.15, 0.2) is 0 Å². The minimum Gasteiger partial charge on any atom is -0.382 e. The van der Waals surface area contributed by atoms with Gasteiger partial charge in [0.05, 0.1) is 31.4 Å². The second-order valence-electron chi connectivity index (χ2n) is 10.6. The van der Waals surface area contributed by atoms with Crippen molar-refractivity contribution in [1.82, 2.24) is 14.5 Å². The molecule has 3 atom stereocenters. The van der Waals surface area contributed by atoms with Crippen LogP contribution in [0.15, 0.2) is 46.6 Å². The summed E-state index contributed by atoms with van der Waals surface area (Å²) in [5.74, 6) is -0.403. The minimum atomic E-state index is -0.664. The number of hydrogen-bond donors (Lipinski definition) is 0. The zero-order chi connectivity index (χ0) is 29.4. The fraction of sp³-hybridized carbons (Fsp3) is 0.433. The third-order valence-corrected chi connectivity index (χ3v) is 9.02. The first-order chi connectivity index (χ1) is 19.7. The number of rotatable bonds is 8. The average Bonchev–Trinajstić information content (AvgIpc) is 2.94. The number of benzene rings is 2. The Morgan fingerprint density at radius 1 is 1.20 bits per heavy atom. The van der Waals surface area contributed by atoms with Crippen LogP contribution in [0.5, 0.6) is 0 Å². The second kappa shape index (κ2) is 11.9. The molecule has 5 rings (SSSR count). The molecule has 0 saturated carbocycles. The average molecular weight is 585 g/mol. The number of hydrogen-bond acceptors (Lipinski definition) is 7. The van der Waals surface area contributed by atoms with Crippen molar-refractivity contribution in [2.45, 2.75) is 43.8 Å². The number of thioether (sulfide) groups is 1. The van der Waals surface area contributed by atoms with Crippen LogP contribution in [0.4, 0.5) is 14.6 Å². The number of anilines is 1. The van der Waals surface area contributed by atoms with Gasteiger partial charge in [-0.05, 0) is 50.6 Å². The van der Waals surface area contributed by atoms with E-state index in [9.17, 15) is 14.0 Å². The van der Waals surface area contributed by atoms with Crippen LogP contribution in [0, 0.1) is 18.6 Å². The number of carbonyl (C=O) groups excluding carboxylic acids is 1. The number of carbonyl (C=O) groups is 1. The first kappa shape index (κ1) is 29.2. The van der Waals surface area contributed by atoms with Crippen LogP contribution in [0.3, 0.4) is 0 Å². The van der Waals surface area contributed by atoms with E-state index in [1.807, 2.05) is 26.8 Å². The van der Waals surface area contributed by atoms with Gasteiger partial charge in [-0.1, -0.05) is 6.58 Å². The molecule has 3 heterocycles. The van der Waals surface area contributed by atoms with E-state index >= 15 is 4.39 Å². The van der Waals surface area contributed by atoms with Gasteiger partial charge in [-0.25, -0.2) is 13.6 Å². The van der Waals surface area contributed by atoms with Crippen molar-refractivity contribution in [3.63, 3.8) is 0 Å². The molecule has 218 valence electrons. The largest absolute Gasteiger partial charge is 0.382 e. The summed E-state index contributed by atoms with van der Waals surface area (Å²) >= 11 is 1.53. The van der Waals surface area contributed by atoms with Crippen molar-refractivity contribution in [2.75, 3.05) is 50.7 Å². The highest BCUT2D eigenvalue weighted by atomic mass is 32.2. The van der Waals surface area contributed by atoms with E-state index in [2.05, 4.69) is 16.5 Å². The molecule has 2 aliphatic heterocycles. The fourth-order valence-electron chi connectivity index (χ4n) is 5.80. The molecule has 0 unspecified atom stereocenters. The summed E-state index contributed by atoms with van der Waals surface area (Å²) in [4.78, 5) is 35.4. The molecule has 41 heavy (non-hydrogen) atoms. The monoisotopic (exact) mass is 584 g/mol. The first-order valence-corrected chi connectivity index (χ1v) is 14.6. The topological polar surface area (TPSA) is 76.9 Å². The Hall–Kier alpha value is -3.28. The standard InChI is InChI=1S/C30H34F2N4O4S/c1-6-25(37)34-13-19(4)35(14-18(34)3)29-23-11-17(2)26(22-8-7-20(31)12-24(22)32)28-27(23)36(30(38)33-29)21(16-41-28)15-40-10-9-39-5/h6-8,11-12,18-19,21H,1,9-10,13-16H2,2-5H3/t18-,19+,21+/m1/s1. The van der Waals surface area contributed by atoms with E-state index in [1.165, 1.54) is 30.0 Å². The Balaban J connectivity index is 1.70. The summed E-state index contributed by atoms with van der Waals surface area (Å²) in [5.41, 5.74) is 1.93. The molecule has 1 saturated heterocycles. The van der Waals surface area contributed by atoms with Gasteiger partial charge in [0, 0.05) is 65.5 Å². The third-order valence-electron chi connectivity index (χ3n) is 7.79. The number of ether oxygens (including phenoxy) is 2. The number of aromatic nitrogens is 2. The van der Waals surface area contributed by atoms with Crippen molar-refractivity contribution < 1.29 is 23.0 Å². The van der Waals surface area contributed by atoms with Crippen LogP contribution in [0.2, 0.25) is 0 Å². The summed E-state index contributed by atoms with van der Waals surface area (Å²) in [7, 11) is 1.60. The van der Waals surface area contributed by atoms with Crippen molar-refractivity contribution in [3.05, 3.63) is 64.6 Å². The summed E-state index contributed by atoms with van der Waals surface area (Å²) in [5, 5.41) is 0.764. The smallest absolute Gasteiger partial charge is 0.350 e. The third kappa shape index (κ3) is 5.38. The Labute approximate surface area is 241 Å². The molecule has 8 nitrogen and oxygen atoms in total. The van der Waals surface area contributed by atoms with Gasteiger partial charge in [-0.2, -0.15) is 4.98 Å². The fourth-order valence-corrected chi connectivity index (χ4v) is 7.16. The first-order valence-electron chi connectivity index (χ1n) is 13.6. The Bertz CT molecular complexity index is 1560.